The van der Waals surface area contributed by atoms with Crippen LogP contribution in [0.3, 0.4) is 0 Å². The molecular weight excluding hydrogens is 300 g/mol. The normalized spacial score (nSPS) is 16.5. The number of likely N-dealkylation sites (N-methyl/N-ethyl adjacent to an activating group) is 1. The number of carbonyl (C=O) groups is 1. The number of hydrogen-bond donors (Lipinski definition) is 1. The molecule has 0 radical (unpaired) electrons. The van der Waals surface area contributed by atoms with Gasteiger partial charge in [0.15, 0.2) is 0 Å². The summed E-state index contributed by atoms with van der Waals surface area (Å²) in [7, 11) is 2.00. The van der Waals surface area contributed by atoms with Gasteiger partial charge in [0.05, 0.1) is 11.7 Å². The van der Waals surface area contributed by atoms with E-state index in [1.54, 1.807) is 6.20 Å². The van der Waals surface area contributed by atoms with Crippen molar-refractivity contribution in [1.29, 1.82) is 0 Å². The van der Waals surface area contributed by atoms with Crippen molar-refractivity contribution in [3.63, 3.8) is 0 Å². The second-order valence-corrected chi connectivity index (χ2v) is 6.70. The lowest BCUT2D eigenvalue weighted by Crippen LogP contribution is -2.46. The SMILES string of the molecule is CC(C(=O)NC1CCCC1)N(C)Cc1cccc(-n2cccn2)c1. The molecule has 1 aliphatic rings. The lowest BCUT2D eigenvalue weighted by molar-refractivity contribution is -0.126. The van der Waals surface area contributed by atoms with Crippen molar-refractivity contribution in [3.05, 3.63) is 48.3 Å². The van der Waals surface area contributed by atoms with Crippen LogP contribution in [0.25, 0.3) is 5.69 Å². The molecule has 3 rings (SSSR count). The van der Waals surface area contributed by atoms with E-state index in [1.165, 1.54) is 18.4 Å². The second kappa shape index (κ2) is 7.62. The van der Waals surface area contributed by atoms with Crippen molar-refractivity contribution >= 4 is 5.91 Å². The third-order valence-corrected chi connectivity index (χ3v) is 4.85. The van der Waals surface area contributed by atoms with Gasteiger partial charge in [-0.3, -0.25) is 9.69 Å². The number of carbonyl (C=O) groups excluding carboxylic acids is 1. The zero-order valence-corrected chi connectivity index (χ0v) is 14.5. The van der Waals surface area contributed by atoms with E-state index in [9.17, 15) is 4.79 Å². The number of nitrogens with one attached hydrogen (secondary N) is 1. The third kappa shape index (κ3) is 4.03. The van der Waals surface area contributed by atoms with Crippen molar-refractivity contribution in [1.82, 2.24) is 20.0 Å². The van der Waals surface area contributed by atoms with Gasteiger partial charge in [0, 0.05) is 25.0 Å². The van der Waals surface area contributed by atoms with Crippen molar-refractivity contribution in [2.24, 2.45) is 0 Å². The predicted molar refractivity (Wildman–Crippen MR) is 94.9 cm³/mol. The zero-order chi connectivity index (χ0) is 16.9. The molecule has 2 aromatic rings. The minimum absolute atomic E-state index is 0.132. The average Bonchev–Trinajstić information content (AvgIpc) is 3.28. The Hall–Kier alpha value is -2.14. The fourth-order valence-corrected chi connectivity index (χ4v) is 3.24. The monoisotopic (exact) mass is 326 g/mol. The summed E-state index contributed by atoms with van der Waals surface area (Å²) < 4.78 is 1.85. The maximum Gasteiger partial charge on any atom is 0.237 e. The summed E-state index contributed by atoms with van der Waals surface area (Å²) in [5.74, 6) is 0.132. The van der Waals surface area contributed by atoms with Gasteiger partial charge in [0.1, 0.15) is 0 Å². The quantitative estimate of drug-likeness (QED) is 0.888. The van der Waals surface area contributed by atoms with Crippen molar-refractivity contribution in [2.45, 2.75) is 51.2 Å². The highest BCUT2D eigenvalue weighted by Gasteiger charge is 2.23. The van der Waals surface area contributed by atoms with Crippen molar-refractivity contribution in [3.8, 4) is 5.69 Å². The van der Waals surface area contributed by atoms with Crippen LogP contribution in [0.2, 0.25) is 0 Å². The van der Waals surface area contributed by atoms with Gasteiger partial charge in [-0.1, -0.05) is 25.0 Å². The number of hydrogen-bond acceptors (Lipinski definition) is 3. The van der Waals surface area contributed by atoms with Crippen LogP contribution in [0.1, 0.15) is 38.2 Å². The first-order chi connectivity index (χ1) is 11.6. The first-order valence-electron chi connectivity index (χ1n) is 8.73. The summed E-state index contributed by atoms with van der Waals surface area (Å²) in [6.07, 6.45) is 8.40. The Balaban J connectivity index is 1.60. The molecule has 1 unspecified atom stereocenters. The number of rotatable bonds is 6. The van der Waals surface area contributed by atoms with Gasteiger partial charge >= 0.3 is 0 Å². The van der Waals surface area contributed by atoms with Crippen LogP contribution in [-0.4, -0.2) is 39.7 Å². The third-order valence-electron chi connectivity index (χ3n) is 4.85. The lowest BCUT2D eigenvalue weighted by atomic mass is 10.1. The topological polar surface area (TPSA) is 50.2 Å². The fourth-order valence-electron chi connectivity index (χ4n) is 3.24. The highest BCUT2D eigenvalue weighted by Crippen LogP contribution is 2.18. The molecule has 1 atom stereocenters. The standard InChI is InChI=1S/C19H26N4O/c1-15(19(24)21-17-8-3-4-9-17)22(2)14-16-7-5-10-18(13-16)23-12-6-11-20-23/h5-7,10-13,15,17H,3-4,8-9,14H2,1-2H3,(H,21,24). The molecule has 1 heterocycles. The maximum absolute atomic E-state index is 12.4. The molecule has 24 heavy (non-hydrogen) atoms. The first kappa shape index (κ1) is 16.7. The van der Waals surface area contributed by atoms with Crippen LogP contribution in [-0.2, 0) is 11.3 Å². The molecule has 128 valence electrons. The van der Waals surface area contributed by atoms with Crippen LogP contribution in [0.5, 0.6) is 0 Å². The molecule has 0 aliphatic heterocycles. The Morgan fingerprint density at radius 2 is 2.17 bits per heavy atom. The highest BCUT2D eigenvalue weighted by atomic mass is 16.2. The Morgan fingerprint density at radius 3 is 2.88 bits per heavy atom. The number of benzene rings is 1. The highest BCUT2D eigenvalue weighted by molar-refractivity contribution is 5.81. The largest absolute Gasteiger partial charge is 0.352 e. The van der Waals surface area contributed by atoms with E-state index in [1.807, 2.05) is 43.0 Å². The van der Waals surface area contributed by atoms with Crippen LogP contribution in [0.4, 0.5) is 0 Å². The van der Waals surface area contributed by atoms with Crippen molar-refractivity contribution in [2.75, 3.05) is 7.05 Å². The molecule has 0 saturated heterocycles. The van der Waals surface area contributed by atoms with Gasteiger partial charge in [0.2, 0.25) is 5.91 Å². The maximum atomic E-state index is 12.4. The van der Waals surface area contributed by atoms with E-state index in [2.05, 4.69) is 27.4 Å². The molecule has 1 amide bonds. The Morgan fingerprint density at radius 1 is 1.38 bits per heavy atom. The fraction of sp³-hybridized carbons (Fsp3) is 0.474. The molecule has 0 spiro atoms. The zero-order valence-electron chi connectivity index (χ0n) is 14.5. The number of aromatic nitrogens is 2. The van der Waals surface area contributed by atoms with Crippen LogP contribution >= 0.6 is 0 Å². The summed E-state index contributed by atoms with van der Waals surface area (Å²) in [5.41, 5.74) is 2.21. The number of amides is 1. The minimum atomic E-state index is -0.140. The molecule has 0 bridgehead atoms. The summed E-state index contributed by atoms with van der Waals surface area (Å²) >= 11 is 0. The smallest absolute Gasteiger partial charge is 0.237 e. The molecule has 1 aromatic carbocycles. The van der Waals surface area contributed by atoms with E-state index < -0.39 is 0 Å². The Bertz CT molecular complexity index is 662. The summed E-state index contributed by atoms with van der Waals surface area (Å²) in [6, 6.07) is 10.4. The van der Waals surface area contributed by atoms with Crippen LogP contribution in [0, 0.1) is 0 Å². The van der Waals surface area contributed by atoms with E-state index >= 15 is 0 Å². The van der Waals surface area contributed by atoms with E-state index in [4.69, 9.17) is 0 Å². The average molecular weight is 326 g/mol. The van der Waals surface area contributed by atoms with Crippen LogP contribution in [0.15, 0.2) is 42.7 Å². The lowest BCUT2D eigenvalue weighted by Gasteiger charge is -2.25. The van der Waals surface area contributed by atoms with Gasteiger partial charge < -0.3 is 5.32 Å². The Labute approximate surface area is 143 Å². The van der Waals surface area contributed by atoms with Crippen molar-refractivity contribution < 1.29 is 4.79 Å². The van der Waals surface area contributed by atoms with Crippen LogP contribution < -0.4 is 5.32 Å². The summed E-state index contributed by atoms with van der Waals surface area (Å²) in [4.78, 5) is 14.5. The minimum Gasteiger partial charge on any atom is -0.352 e. The van der Waals surface area contributed by atoms with E-state index in [-0.39, 0.29) is 11.9 Å². The van der Waals surface area contributed by atoms with Gasteiger partial charge in [-0.2, -0.15) is 5.10 Å². The molecule has 1 aromatic heterocycles. The molecular formula is C19H26N4O. The molecule has 1 fully saturated rings. The van der Waals surface area contributed by atoms with Gasteiger partial charge in [0.25, 0.3) is 0 Å². The first-order valence-corrected chi connectivity index (χ1v) is 8.73. The van der Waals surface area contributed by atoms with Gasteiger partial charge in [-0.15, -0.1) is 0 Å². The van der Waals surface area contributed by atoms with Gasteiger partial charge in [-0.05, 0) is 50.6 Å². The van der Waals surface area contributed by atoms with Gasteiger partial charge in [-0.25, -0.2) is 4.68 Å². The summed E-state index contributed by atoms with van der Waals surface area (Å²) in [6.45, 7) is 2.70. The number of nitrogens with zero attached hydrogens (tertiary/aromatic N) is 3. The van der Waals surface area contributed by atoms with E-state index in [0.717, 1.165) is 25.1 Å². The molecule has 5 heteroatoms. The molecule has 1 saturated carbocycles. The summed E-state index contributed by atoms with van der Waals surface area (Å²) in [5, 5.41) is 7.45. The molecule has 1 aliphatic carbocycles. The predicted octanol–water partition coefficient (Wildman–Crippen LogP) is 2.75. The molecule has 1 N–H and O–H groups in total. The van der Waals surface area contributed by atoms with E-state index in [0.29, 0.717) is 6.04 Å². The molecule has 5 nitrogen and oxygen atoms in total. The second-order valence-electron chi connectivity index (χ2n) is 6.70. The Kier molecular flexibility index (Phi) is 5.30.